The first-order chi connectivity index (χ1) is 9.53. The number of carbonyl (C=O) groups is 1. The molecule has 4 nitrogen and oxygen atoms in total. The Labute approximate surface area is 119 Å². The number of rotatable bonds is 5. The largest absolute Gasteiger partial charge is 0.497 e. The van der Waals surface area contributed by atoms with Crippen LogP contribution in [0.4, 0.5) is 0 Å². The van der Waals surface area contributed by atoms with Crippen molar-refractivity contribution in [2.45, 2.75) is 50.5 Å². The molecule has 0 aromatic heterocycles. The summed E-state index contributed by atoms with van der Waals surface area (Å²) < 4.78 is 5.30. The van der Waals surface area contributed by atoms with Crippen molar-refractivity contribution in [2.24, 2.45) is 5.73 Å². The number of carboxylic acids is 1. The molecule has 4 heteroatoms. The lowest BCUT2D eigenvalue weighted by Gasteiger charge is -2.42. The molecule has 1 aliphatic rings. The van der Waals surface area contributed by atoms with Crippen molar-refractivity contribution in [1.82, 2.24) is 0 Å². The highest BCUT2D eigenvalue weighted by Gasteiger charge is 2.42. The SMILES string of the molecule is CCC(N)C1(CC(=O)O)CCCc2ccc(OC)cc21. The van der Waals surface area contributed by atoms with Crippen LogP contribution < -0.4 is 10.5 Å². The van der Waals surface area contributed by atoms with Gasteiger partial charge < -0.3 is 15.6 Å². The van der Waals surface area contributed by atoms with Crippen LogP contribution >= 0.6 is 0 Å². The number of nitrogens with two attached hydrogens (primary N) is 1. The van der Waals surface area contributed by atoms with E-state index in [4.69, 9.17) is 10.5 Å². The van der Waals surface area contributed by atoms with E-state index in [1.165, 1.54) is 5.56 Å². The predicted octanol–water partition coefficient (Wildman–Crippen LogP) is 2.48. The van der Waals surface area contributed by atoms with Crippen molar-refractivity contribution in [3.63, 3.8) is 0 Å². The Bertz CT molecular complexity index is 500. The fourth-order valence-electron chi connectivity index (χ4n) is 3.45. The maximum absolute atomic E-state index is 11.4. The van der Waals surface area contributed by atoms with Crippen LogP contribution in [0.5, 0.6) is 5.75 Å². The van der Waals surface area contributed by atoms with Crippen LogP contribution in [-0.2, 0) is 16.6 Å². The van der Waals surface area contributed by atoms with Gasteiger partial charge in [0.1, 0.15) is 5.75 Å². The van der Waals surface area contributed by atoms with E-state index in [-0.39, 0.29) is 12.5 Å². The van der Waals surface area contributed by atoms with E-state index >= 15 is 0 Å². The van der Waals surface area contributed by atoms with E-state index in [2.05, 4.69) is 0 Å². The van der Waals surface area contributed by atoms with E-state index in [1.54, 1.807) is 7.11 Å². The molecular formula is C16H23NO3. The number of hydrogen-bond acceptors (Lipinski definition) is 3. The summed E-state index contributed by atoms with van der Waals surface area (Å²) in [5, 5.41) is 9.34. The third kappa shape index (κ3) is 2.52. The molecule has 1 aliphatic carbocycles. The van der Waals surface area contributed by atoms with Crippen LogP contribution in [0.3, 0.4) is 0 Å². The van der Waals surface area contributed by atoms with E-state index < -0.39 is 11.4 Å². The van der Waals surface area contributed by atoms with Crippen LogP contribution in [0.25, 0.3) is 0 Å². The molecule has 110 valence electrons. The summed E-state index contributed by atoms with van der Waals surface area (Å²) in [5.41, 5.74) is 8.14. The fourth-order valence-corrected chi connectivity index (χ4v) is 3.45. The number of ether oxygens (including phenoxy) is 1. The maximum atomic E-state index is 11.4. The molecule has 1 aromatic carbocycles. The molecule has 0 bridgehead atoms. The Kier molecular flexibility index (Phi) is 4.33. The normalized spacial score (nSPS) is 22.9. The van der Waals surface area contributed by atoms with Gasteiger partial charge in [-0.3, -0.25) is 4.79 Å². The molecule has 1 aromatic rings. The van der Waals surface area contributed by atoms with Gasteiger partial charge in [0, 0.05) is 11.5 Å². The highest BCUT2D eigenvalue weighted by atomic mass is 16.5. The average molecular weight is 277 g/mol. The van der Waals surface area contributed by atoms with E-state index in [1.807, 2.05) is 25.1 Å². The van der Waals surface area contributed by atoms with Crippen molar-refractivity contribution in [3.05, 3.63) is 29.3 Å². The Morgan fingerprint density at radius 1 is 1.55 bits per heavy atom. The summed E-state index contributed by atoms with van der Waals surface area (Å²) in [6, 6.07) is 5.82. The van der Waals surface area contributed by atoms with Crippen LogP contribution in [0.1, 0.15) is 43.7 Å². The molecule has 2 atom stereocenters. The molecule has 0 saturated heterocycles. The summed E-state index contributed by atoms with van der Waals surface area (Å²) in [7, 11) is 1.63. The van der Waals surface area contributed by atoms with Crippen LogP contribution in [0.15, 0.2) is 18.2 Å². The lowest BCUT2D eigenvalue weighted by Crippen LogP contribution is -2.48. The van der Waals surface area contributed by atoms with Gasteiger partial charge in [-0.15, -0.1) is 0 Å². The number of carboxylic acid groups (broad SMARTS) is 1. The smallest absolute Gasteiger partial charge is 0.304 e. The Morgan fingerprint density at radius 2 is 2.30 bits per heavy atom. The zero-order valence-corrected chi connectivity index (χ0v) is 12.2. The summed E-state index contributed by atoms with van der Waals surface area (Å²) in [6.45, 7) is 2.02. The molecule has 0 heterocycles. The van der Waals surface area contributed by atoms with Gasteiger partial charge in [0.25, 0.3) is 0 Å². The third-order valence-electron chi connectivity index (χ3n) is 4.54. The van der Waals surface area contributed by atoms with E-state index in [9.17, 15) is 9.90 Å². The Hall–Kier alpha value is -1.55. The van der Waals surface area contributed by atoms with Crippen molar-refractivity contribution >= 4 is 5.97 Å². The second kappa shape index (κ2) is 5.83. The van der Waals surface area contributed by atoms with Crippen molar-refractivity contribution < 1.29 is 14.6 Å². The summed E-state index contributed by atoms with van der Waals surface area (Å²) in [6.07, 6.45) is 3.65. The van der Waals surface area contributed by atoms with Gasteiger partial charge in [-0.2, -0.15) is 0 Å². The second-order valence-corrected chi connectivity index (χ2v) is 5.62. The lowest BCUT2D eigenvalue weighted by molar-refractivity contribution is -0.139. The molecule has 0 radical (unpaired) electrons. The first-order valence-electron chi connectivity index (χ1n) is 7.18. The summed E-state index contributed by atoms with van der Waals surface area (Å²) in [5.74, 6) is -0.0201. The number of hydrogen-bond donors (Lipinski definition) is 2. The van der Waals surface area contributed by atoms with Crippen molar-refractivity contribution in [2.75, 3.05) is 7.11 Å². The zero-order valence-electron chi connectivity index (χ0n) is 12.2. The maximum Gasteiger partial charge on any atom is 0.304 e. The molecule has 0 amide bonds. The molecule has 0 saturated carbocycles. The molecular weight excluding hydrogens is 254 g/mol. The predicted molar refractivity (Wildman–Crippen MR) is 78.1 cm³/mol. The molecule has 2 unspecified atom stereocenters. The van der Waals surface area contributed by atoms with Gasteiger partial charge in [-0.1, -0.05) is 13.0 Å². The molecule has 2 rings (SSSR count). The number of aliphatic carboxylic acids is 1. The van der Waals surface area contributed by atoms with Crippen molar-refractivity contribution in [3.8, 4) is 5.75 Å². The van der Waals surface area contributed by atoms with Crippen LogP contribution in [0, 0.1) is 0 Å². The topological polar surface area (TPSA) is 72.6 Å². The van der Waals surface area contributed by atoms with Gasteiger partial charge in [-0.25, -0.2) is 0 Å². The zero-order chi connectivity index (χ0) is 14.8. The minimum Gasteiger partial charge on any atom is -0.497 e. The van der Waals surface area contributed by atoms with Gasteiger partial charge in [-0.05, 0) is 48.9 Å². The molecule has 3 N–H and O–H groups in total. The number of fused-ring (bicyclic) bond motifs is 1. The monoisotopic (exact) mass is 277 g/mol. The minimum atomic E-state index is -0.787. The molecule has 20 heavy (non-hydrogen) atoms. The number of aryl methyl sites for hydroxylation is 1. The van der Waals surface area contributed by atoms with Gasteiger partial charge in [0.05, 0.1) is 13.5 Å². The molecule has 0 aliphatic heterocycles. The second-order valence-electron chi connectivity index (χ2n) is 5.62. The fraction of sp³-hybridized carbons (Fsp3) is 0.562. The molecule has 0 spiro atoms. The first-order valence-corrected chi connectivity index (χ1v) is 7.18. The van der Waals surface area contributed by atoms with Gasteiger partial charge >= 0.3 is 5.97 Å². The lowest BCUT2D eigenvalue weighted by atomic mass is 9.63. The summed E-state index contributed by atoms with van der Waals surface area (Å²) >= 11 is 0. The average Bonchev–Trinajstić information content (AvgIpc) is 2.45. The van der Waals surface area contributed by atoms with E-state index in [0.29, 0.717) is 0 Å². The minimum absolute atomic E-state index is 0.0855. The highest BCUT2D eigenvalue weighted by molar-refractivity contribution is 5.70. The van der Waals surface area contributed by atoms with Crippen LogP contribution in [-0.4, -0.2) is 24.2 Å². The summed E-state index contributed by atoms with van der Waals surface area (Å²) in [4.78, 5) is 11.4. The third-order valence-corrected chi connectivity index (χ3v) is 4.54. The van der Waals surface area contributed by atoms with E-state index in [0.717, 1.165) is 37.0 Å². The van der Waals surface area contributed by atoms with Crippen molar-refractivity contribution in [1.29, 1.82) is 0 Å². The standard InChI is InChI=1S/C16H23NO3/c1-3-14(17)16(10-15(18)19)8-4-5-11-6-7-12(20-2)9-13(11)16/h6-7,9,14H,3-5,8,10,17H2,1-2H3,(H,18,19). The molecule has 0 fully saturated rings. The Morgan fingerprint density at radius 3 is 2.90 bits per heavy atom. The highest BCUT2D eigenvalue weighted by Crippen LogP contribution is 2.44. The van der Waals surface area contributed by atoms with Gasteiger partial charge in [0.15, 0.2) is 0 Å². The Balaban J connectivity index is 2.56. The number of benzene rings is 1. The van der Waals surface area contributed by atoms with Gasteiger partial charge in [0.2, 0.25) is 0 Å². The first kappa shape index (κ1) is 14.9. The van der Waals surface area contributed by atoms with Crippen LogP contribution in [0.2, 0.25) is 0 Å². The quantitative estimate of drug-likeness (QED) is 0.867. The number of methoxy groups -OCH3 is 1.